The van der Waals surface area contributed by atoms with Gasteiger partial charge < -0.3 is 10.1 Å². The Morgan fingerprint density at radius 2 is 1.89 bits per heavy atom. The highest BCUT2D eigenvalue weighted by atomic mass is 35.5. The van der Waals surface area contributed by atoms with Crippen LogP contribution in [0.15, 0.2) is 36.4 Å². The lowest BCUT2D eigenvalue weighted by atomic mass is 10.3. The van der Waals surface area contributed by atoms with Gasteiger partial charge in [0.1, 0.15) is 18.2 Å². The molecule has 0 aliphatic carbocycles. The average molecular weight is 283 g/mol. The average Bonchev–Trinajstić information content (AvgIpc) is 2.35. The second kappa shape index (κ2) is 5.94. The molecule has 0 aliphatic rings. The maximum absolute atomic E-state index is 5.89. The largest absolute Gasteiger partial charge is 0.487 e. The Kier molecular flexibility index (Phi) is 4.28. The van der Waals surface area contributed by atoms with E-state index in [1.165, 1.54) is 0 Å². The monoisotopic (exact) mass is 282 g/mol. The number of halogens is 2. The van der Waals surface area contributed by atoms with Crippen LogP contribution < -0.4 is 10.1 Å². The summed E-state index contributed by atoms with van der Waals surface area (Å²) in [7, 11) is 1.82. The molecular formula is C13H12Cl2N2O. The van der Waals surface area contributed by atoms with E-state index >= 15 is 0 Å². The summed E-state index contributed by atoms with van der Waals surface area (Å²) in [4.78, 5) is 4.35. The van der Waals surface area contributed by atoms with Crippen molar-refractivity contribution in [2.24, 2.45) is 0 Å². The van der Waals surface area contributed by atoms with Crippen molar-refractivity contribution in [3.8, 4) is 5.75 Å². The Morgan fingerprint density at radius 1 is 1.17 bits per heavy atom. The summed E-state index contributed by atoms with van der Waals surface area (Å²) in [5.74, 6) is 1.43. The normalized spacial score (nSPS) is 10.2. The van der Waals surface area contributed by atoms with Gasteiger partial charge in [-0.1, -0.05) is 29.3 Å². The van der Waals surface area contributed by atoms with Crippen molar-refractivity contribution >= 4 is 29.0 Å². The lowest BCUT2D eigenvalue weighted by Crippen LogP contribution is -2.00. The fraction of sp³-hybridized carbons (Fsp3) is 0.154. The molecule has 0 radical (unpaired) electrons. The van der Waals surface area contributed by atoms with Gasteiger partial charge in [-0.05, 0) is 30.3 Å². The zero-order valence-electron chi connectivity index (χ0n) is 9.78. The van der Waals surface area contributed by atoms with E-state index in [4.69, 9.17) is 27.9 Å². The molecule has 0 unspecified atom stereocenters. The summed E-state index contributed by atoms with van der Waals surface area (Å²) in [6.07, 6.45) is 0. The molecule has 3 nitrogen and oxygen atoms in total. The van der Waals surface area contributed by atoms with E-state index in [0.29, 0.717) is 22.4 Å². The first-order valence-electron chi connectivity index (χ1n) is 5.40. The maximum atomic E-state index is 5.89. The van der Waals surface area contributed by atoms with Gasteiger partial charge in [-0.15, -0.1) is 0 Å². The molecule has 0 saturated heterocycles. The van der Waals surface area contributed by atoms with Crippen molar-refractivity contribution in [3.05, 3.63) is 52.1 Å². The third kappa shape index (κ3) is 3.52. The molecular weight excluding hydrogens is 271 g/mol. The minimum Gasteiger partial charge on any atom is -0.487 e. The van der Waals surface area contributed by atoms with Gasteiger partial charge >= 0.3 is 0 Å². The molecule has 1 heterocycles. The zero-order valence-corrected chi connectivity index (χ0v) is 11.3. The van der Waals surface area contributed by atoms with E-state index in [0.717, 1.165) is 11.5 Å². The molecule has 0 aliphatic heterocycles. The van der Waals surface area contributed by atoms with Crippen molar-refractivity contribution in [1.29, 1.82) is 0 Å². The van der Waals surface area contributed by atoms with Crippen LogP contribution in [-0.2, 0) is 6.61 Å². The van der Waals surface area contributed by atoms with Crippen molar-refractivity contribution < 1.29 is 4.74 Å². The minimum absolute atomic E-state index is 0.367. The second-order valence-electron chi connectivity index (χ2n) is 3.66. The van der Waals surface area contributed by atoms with E-state index in [1.807, 2.05) is 25.2 Å². The van der Waals surface area contributed by atoms with Gasteiger partial charge in [0.15, 0.2) is 0 Å². The summed E-state index contributed by atoms with van der Waals surface area (Å²) in [6.45, 7) is 0.367. The van der Waals surface area contributed by atoms with Crippen LogP contribution in [0.2, 0.25) is 10.0 Å². The van der Waals surface area contributed by atoms with Gasteiger partial charge in [0.25, 0.3) is 0 Å². The summed E-state index contributed by atoms with van der Waals surface area (Å²) in [5, 5.41) is 4.08. The van der Waals surface area contributed by atoms with E-state index in [2.05, 4.69) is 10.3 Å². The first-order valence-corrected chi connectivity index (χ1v) is 6.15. The van der Waals surface area contributed by atoms with Gasteiger partial charge in [0.05, 0.1) is 5.69 Å². The summed E-state index contributed by atoms with van der Waals surface area (Å²) < 4.78 is 5.59. The summed E-state index contributed by atoms with van der Waals surface area (Å²) in [6, 6.07) is 10.8. The Hall–Kier alpha value is -1.45. The Balaban J connectivity index is 2.06. The smallest absolute Gasteiger partial charge is 0.130 e. The second-order valence-corrected chi connectivity index (χ2v) is 4.53. The highest BCUT2D eigenvalue weighted by molar-refractivity contribution is 6.34. The number of hydrogen-bond donors (Lipinski definition) is 1. The van der Waals surface area contributed by atoms with Gasteiger partial charge in [0, 0.05) is 17.1 Å². The van der Waals surface area contributed by atoms with Crippen LogP contribution in [-0.4, -0.2) is 12.0 Å². The number of pyridine rings is 1. The van der Waals surface area contributed by atoms with Crippen molar-refractivity contribution in [2.45, 2.75) is 6.61 Å². The van der Waals surface area contributed by atoms with E-state index in [9.17, 15) is 0 Å². The highest BCUT2D eigenvalue weighted by Crippen LogP contribution is 2.24. The number of nitrogens with zero attached hydrogens (tertiary/aromatic N) is 1. The Morgan fingerprint density at radius 3 is 2.56 bits per heavy atom. The molecule has 5 heteroatoms. The lowest BCUT2D eigenvalue weighted by molar-refractivity contribution is 0.301. The number of hydrogen-bond acceptors (Lipinski definition) is 3. The number of anilines is 1. The highest BCUT2D eigenvalue weighted by Gasteiger charge is 2.01. The topological polar surface area (TPSA) is 34.1 Å². The molecule has 94 valence electrons. The Labute approximate surface area is 116 Å². The fourth-order valence-electron chi connectivity index (χ4n) is 1.47. The van der Waals surface area contributed by atoms with Crippen LogP contribution in [0, 0.1) is 0 Å². The first kappa shape index (κ1) is 13.0. The minimum atomic E-state index is 0.367. The molecule has 0 atom stereocenters. The van der Waals surface area contributed by atoms with Crippen LogP contribution in [0.4, 0.5) is 5.82 Å². The maximum Gasteiger partial charge on any atom is 0.130 e. The van der Waals surface area contributed by atoms with Crippen LogP contribution in [0.25, 0.3) is 0 Å². The summed E-state index contributed by atoms with van der Waals surface area (Å²) in [5.41, 5.74) is 0.831. The molecule has 1 aromatic carbocycles. The van der Waals surface area contributed by atoms with Crippen molar-refractivity contribution in [2.75, 3.05) is 12.4 Å². The molecule has 0 bridgehead atoms. The molecule has 0 saturated carbocycles. The molecule has 0 spiro atoms. The predicted octanol–water partition coefficient (Wildman–Crippen LogP) is 4.01. The molecule has 0 fully saturated rings. The number of ether oxygens (including phenoxy) is 1. The van der Waals surface area contributed by atoms with Crippen LogP contribution in [0.5, 0.6) is 5.75 Å². The van der Waals surface area contributed by atoms with Gasteiger partial charge in [-0.2, -0.15) is 0 Å². The molecule has 1 N–H and O–H groups in total. The third-order valence-corrected chi connectivity index (χ3v) is 2.72. The van der Waals surface area contributed by atoms with Crippen molar-refractivity contribution in [3.63, 3.8) is 0 Å². The molecule has 2 rings (SSSR count). The Bertz CT molecular complexity index is 526. The fourth-order valence-corrected chi connectivity index (χ4v) is 1.97. The van der Waals surface area contributed by atoms with Gasteiger partial charge in [0.2, 0.25) is 0 Å². The van der Waals surface area contributed by atoms with Crippen LogP contribution in [0.1, 0.15) is 5.69 Å². The third-order valence-electron chi connectivity index (χ3n) is 2.29. The summed E-state index contributed by atoms with van der Waals surface area (Å²) >= 11 is 11.8. The number of benzene rings is 1. The van der Waals surface area contributed by atoms with Crippen LogP contribution in [0.3, 0.4) is 0 Å². The molecule has 1 aromatic heterocycles. The SMILES string of the molecule is CNc1cccc(COc2cc(Cl)cc(Cl)c2)n1. The molecule has 0 amide bonds. The number of rotatable bonds is 4. The predicted molar refractivity (Wildman–Crippen MR) is 74.6 cm³/mol. The number of aromatic nitrogens is 1. The van der Waals surface area contributed by atoms with Crippen LogP contribution >= 0.6 is 23.2 Å². The van der Waals surface area contributed by atoms with Crippen molar-refractivity contribution in [1.82, 2.24) is 4.98 Å². The van der Waals surface area contributed by atoms with Gasteiger partial charge in [-0.3, -0.25) is 0 Å². The van der Waals surface area contributed by atoms with Gasteiger partial charge in [-0.25, -0.2) is 4.98 Å². The van der Waals surface area contributed by atoms with E-state index < -0.39 is 0 Å². The first-order chi connectivity index (χ1) is 8.67. The quantitative estimate of drug-likeness (QED) is 0.920. The molecule has 2 aromatic rings. The van der Waals surface area contributed by atoms with E-state index in [1.54, 1.807) is 18.2 Å². The molecule has 18 heavy (non-hydrogen) atoms. The zero-order chi connectivity index (χ0) is 13.0. The lowest BCUT2D eigenvalue weighted by Gasteiger charge is -2.07. The van der Waals surface area contributed by atoms with E-state index in [-0.39, 0.29) is 0 Å². The number of nitrogens with one attached hydrogen (secondary N) is 1. The standard InChI is InChI=1S/C13H12Cl2N2O/c1-16-13-4-2-3-11(17-13)8-18-12-6-9(14)5-10(15)7-12/h2-7H,8H2,1H3,(H,16,17).